The molecule has 7 nitrogen and oxygen atoms in total. The molecule has 1 aliphatic rings. The minimum Gasteiger partial charge on any atom is -0.506 e. The maximum Gasteiger partial charge on any atom is 0.407 e. The number of benzene rings is 2. The van der Waals surface area contributed by atoms with Crippen LogP contribution in [0.3, 0.4) is 0 Å². The highest BCUT2D eigenvalue weighted by Crippen LogP contribution is 2.36. The van der Waals surface area contributed by atoms with Crippen LogP contribution in [0, 0.1) is 5.41 Å². The summed E-state index contributed by atoms with van der Waals surface area (Å²) in [6.07, 6.45) is 4.28. The molecule has 1 atom stereocenters. The molecule has 1 amide bonds. The molecule has 188 valence electrons. The van der Waals surface area contributed by atoms with Gasteiger partial charge in [-0.3, -0.25) is 4.79 Å². The lowest BCUT2D eigenvalue weighted by atomic mass is 9.75. The van der Waals surface area contributed by atoms with Gasteiger partial charge in [-0.05, 0) is 54.7 Å². The Morgan fingerprint density at radius 2 is 1.91 bits per heavy atom. The summed E-state index contributed by atoms with van der Waals surface area (Å²) in [7, 11) is 0. The van der Waals surface area contributed by atoms with Crippen LogP contribution in [-0.2, 0) is 6.42 Å². The predicted molar refractivity (Wildman–Crippen MR) is 141 cm³/mol. The topological polar surface area (TPSA) is 106 Å². The van der Waals surface area contributed by atoms with E-state index in [1.54, 1.807) is 6.07 Å². The van der Waals surface area contributed by atoms with Crippen molar-refractivity contribution >= 4 is 27.6 Å². The molecule has 0 saturated heterocycles. The molecule has 8 heteroatoms. The van der Waals surface area contributed by atoms with Crippen molar-refractivity contribution in [2.45, 2.75) is 57.9 Å². The fraction of sp³-hybridized carbons (Fsp3) is 0.481. The number of carbonyl (C=O) groups is 1. The van der Waals surface area contributed by atoms with E-state index in [1.807, 2.05) is 36.4 Å². The van der Waals surface area contributed by atoms with Crippen molar-refractivity contribution in [3.05, 3.63) is 63.3 Å². The minimum atomic E-state index is -0.952. The molecule has 4 N–H and O–H groups in total. The molecule has 0 bridgehead atoms. The number of amides is 1. The number of nitrogens with one attached hydrogen (secondary N) is 2. The molecule has 1 saturated carbocycles. The van der Waals surface area contributed by atoms with Crippen molar-refractivity contribution in [3.8, 4) is 5.75 Å². The van der Waals surface area contributed by atoms with Crippen molar-refractivity contribution in [2.24, 2.45) is 5.41 Å². The molecule has 1 fully saturated rings. The predicted octanol–water partition coefficient (Wildman–Crippen LogP) is 5.16. The monoisotopic (exact) mass is 497 g/mol. The van der Waals surface area contributed by atoms with Crippen LogP contribution in [0.1, 0.15) is 56.6 Å². The van der Waals surface area contributed by atoms with Crippen LogP contribution in [0.25, 0.3) is 10.2 Å². The van der Waals surface area contributed by atoms with Crippen LogP contribution < -0.4 is 10.2 Å². The first-order chi connectivity index (χ1) is 16.7. The number of hydrogen-bond acceptors (Lipinski definition) is 5. The van der Waals surface area contributed by atoms with Gasteiger partial charge in [0, 0.05) is 31.6 Å². The zero-order valence-corrected chi connectivity index (χ0v) is 21.2. The minimum absolute atomic E-state index is 0.0236. The number of fused-ring (bicyclic) bond motifs is 1. The van der Waals surface area contributed by atoms with Crippen molar-refractivity contribution < 1.29 is 15.0 Å². The molecular weight excluding hydrogens is 462 g/mol. The van der Waals surface area contributed by atoms with E-state index in [2.05, 4.69) is 24.1 Å². The van der Waals surface area contributed by atoms with E-state index >= 15 is 0 Å². The van der Waals surface area contributed by atoms with E-state index in [-0.39, 0.29) is 16.5 Å². The van der Waals surface area contributed by atoms with E-state index in [0.29, 0.717) is 47.7 Å². The van der Waals surface area contributed by atoms with Gasteiger partial charge >= 0.3 is 11.0 Å². The molecule has 4 rings (SSSR count). The molecule has 1 aromatic heterocycles. The highest BCUT2D eigenvalue weighted by atomic mass is 32.1. The number of phenolic OH excluding ortho intramolecular Hbond substituents is 1. The lowest BCUT2D eigenvalue weighted by molar-refractivity contribution is 0.140. The number of nitrogens with zero attached hydrogens (tertiary/aromatic N) is 1. The third kappa shape index (κ3) is 6.44. The second-order valence-electron chi connectivity index (χ2n) is 10.4. The number of rotatable bonds is 9. The Kier molecular flexibility index (Phi) is 7.82. The molecule has 2 aromatic carbocycles. The van der Waals surface area contributed by atoms with E-state index < -0.39 is 6.09 Å². The van der Waals surface area contributed by atoms with Gasteiger partial charge in [-0.2, -0.15) is 0 Å². The summed E-state index contributed by atoms with van der Waals surface area (Å²) in [5, 5.41) is 23.8. The van der Waals surface area contributed by atoms with Crippen LogP contribution in [-0.4, -0.2) is 51.9 Å². The zero-order chi connectivity index (χ0) is 25.0. The Morgan fingerprint density at radius 1 is 1.20 bits per heavy atom. The third-order valence-corrected chi connectivity index (χ3v) is 8.15. The van der Waals surface area contributed by atoms with Gasteiger partial charge in [-0.15, -0.1) is 0 Å². The SMILES string of the molecule is CC1(C)CCC(NCCN(CC(Cc2ccccc2)c2ccc(O)c3[nH]c(=O)sc23)C(=O)O)CC1. The Labute approximate surface area is 209 Å². The highest BCUT2D eigenvalue weighted by Gasteiger charge is 2.27. The van der Waals surface area contributed by atoms with Crippen LogP contribution in [0.4, 0.5) is 4.79 Å². The average molecular weight is 498 g/mol. The number of hydrogen-bond donors (Lipinski definition) is 4. The van der Waals surface area contributed by atoms with Crippen molar-refractivity contribution in [2.75, 3.05) is 19.6 Å². The second-order valence-corrected chi connectivity index (χ2v) is 11.4. The summed E-state index contributed by atoms with van der Waals surface area (Å²) in [5.41, 5.74) is 2.78. The van der Waals surface area contributed by atoms with Gasteiger partial charge in [-0.25, -0.2) is 4.79 Å². The van der Waals surface area contributed by atoms with Gasteiger partial charge in [0.1, 0.15) is 11.3 Å². The third-order valence-electron chi connectivity index (χ3n) is 7.22. The van der Waals surface area contributed by atoms with Gasteiger partial charge in [0.2, 0.25) is 0 Å². The lowest BCUT2D eigenvalue weighted by Gasteiger charge is -2.35. The molecule has 35 heavy (non-hydrogen) atoms. The van der Waals surface area contributed by atoms with E-state index in [0.717, 1.165) is 35.3 Å². The van der Waals surface area contributed by atoms with Crippen molar-refractivity contribution in [1.82, 2.24) is 15.2 Å². The van der Waals surface area contributed by atoms with Crippen LogP contribution in [0.2, 0.25) is 0 Å². The van der Waals surface area contributed by atoms with Gasteiger partial charge in [0.05, 0.1) is 4.70 Å². The summed E-state index contributed by atoms with van der Waals surface area (Å²) < 4.78 is 0.684. The standard InChI is InChI=1S/C27H35N3O4S/c1-27(2)12-10-20(11-13-27)28-14-15-30(26(33)34)17-19(16-18-6-4-3-5-7-18)21-8-9-22(31)23-24(21)35-25(32)29-23/h3-9,19-20,28,31H,10-17H2,1-2H3,(H,29,32)(H,33,34). The molecule has 1 heterocycles. The summed E-state index contributed by atoms with van der Waals surface area (Å²) in [6.45, 7) is 5.92. The maximum absolute atomic E-state index is 12.2. The fourth-order valence-electron chi connectivity index (χ4n) is 5.07. The molecular formula is C27H35N3O4S. The van der Waals surface area contributed by atoms with Crippen molar-refractivity contribution in [3.63, 3.8) is 0 Å². The van der Waals surface area contributed by atoms with Gasteiger partial charge in [0.25, 0.3) is 0 Å². The fourth-order valence-corrected chi connectivity index (χ4v) is 6.02. The number of aromatic nitrogens is 1. The van der Waals surface area contributed by atoms with Gasteiger partial charge < -0.3 is 25.4 Å². The van der Waals surface area contributed by atoms with E-state index in [4.69, 9.17) is 0 Å². The smallest absolute Gasteiger partial charge is 0.407 e. The average Bonchev–Trinajstić information content (AvgIpc) is 3.22. The van der Waals surface area contributed by atoms with Crippen molar-refractivity contribution in [1.29, 1.82) is 0 Å². The summed E-state index contributed by atoms with van der Waals surface area (Å²) in [5.74, 6) is -0.144. The second kappa shape index (κ2) is 10.8. The lowest BCUT2D eigenvalue weighted by Crippen LogP contribution is -2.43. The first-order valence-corrected chi connectivity index (χ1v) is 13.1. The Balaban J connectivity index is 1.52. The Morgan fingerprint density at radius 3 is 2.60 bits per heavy atom. The normalized spacial score (nSPS) is 16.9. The number of thiazole rings is 1. The molecule has 1 aliphatic carbocycles. The highest BCUT2D eigenvalue weighted by molar-refractivity contribution is 7.16. The van der Waals surface area contributed by atoms with Gasteiger partial charge in [0.15, 0.2) is 0 Å². The van der Waals surface area contributed by atoms with Crippen LogP contribution in [0.15, 0.2) is 47.3 Å². The number of aromatic hydroxyl groups is 1. The summed E-state index contributed by atoms with van der Waals surface area (Å²) in [6, 6.07) is 13.8. The maximum atomic E-state index is 12.2. The van der Waals surface area contributed by atoms with Gasteiger partial charge in [-0.1, -0.05) is 61.6 Å². The molecule has 0 spiro atoms. The first-order valence-electron chi connectivity index (χ1n) is 12.3. The number of H-pyrrole nitrogens is 1. The number of phenols is 1. The number of carboxylic acid groups (broad SMARTS) is 1. The van der Waals surface area contributed by atoms with E-state index in [1.165, 1.54) is 17.7 Å². The zero-order valence-electron chi connectivity index (χ0n) is 20.4. The first kappa shape index (κ1) is 25.3. The quantitative estimate of drug-likeness (QED) is 0.327. The molecule has 3 aromatic rings. The molecule has 1 unspecified atom stereocenters. The van der Waals surface area contributed by atoms with Crippen LogP contribution in [0.5, 0.6) is 5.75 Å². The Hall–Kier alpha value is -2.84. The van der Waals surface area contributed by atoms with Crippen LogP contribution >= 0.6 is 11.3 Å². The summed E-state index contributed by atoms with van der Waals surface area (Å²) in [4.78, 5) is 28.2. The number of aromatic amines is 1. The Bertz CT molecular complexity index is 1190. The van der Waals surface area contributed by atoms with E-state index in [9.17, 15) is 19.8 Å². The molecule has 0 aliphatic heterocycles. The molecule has 0 radical (unpaired) electrons. The summed E-state index contributed by atoms with van der Waals surface area (Å²) >= 11 is 1.05. The largest absolute Gasteiger partial charge is 0.506 e.